The zero-order chi connectivity index (χ0) is 13.2. The molecule has 0 spiro atoms. The highest BCUT2D eigenvalue weighted by atomic mass is 32.2. The summed E-state index contributed by atoms with van der Waals surface area (Å²) in [6.45, 7) is 2.14. The summed E-state index contributed by atoms with van der Waals surface area (Å²) in [5.41, 5.74) is 1.60. The maximum atomic E-state index is 11.9. The van der Waals surface area contributed by atoms with Crippen LogP contribution >= 0.6 is 12.2 Å². The summed E-state index contributed by atoms with van der Waals surface area (Å²) in [4.78, 5) is 0.282. The Bertz CT molecular complexity index is 567. The molecule has 0 aromatic heterocycles. The minimum absolute atomic E-state index is 0.126. The van der Waals surface area contributed by atoms with Gasteiger partial charge in [-0.15, -0.1) is 0 Å². The SMILES string of the molecule is CCCCCc1ccc2c(c1)S(=O)(=O)NC(=S)N2. The van der Waals surface area contributed by atoms with E-state index in [1.807, 2.05) is 6.07 Å². The first kappa shape index (κ1) is 13.3. The van der Waals surface area contributed by atoms with Gasteiger partial charge < -0.3 is 5.32 Å². The molecule has 4 nitrogen and oxygen atoms in total. The molecule has 0 bridgehead atoms. The molecule has 1 heterocycles. The molecule has 0 fully saturated rings. The molecule has 2 N–H and O–H groups in total. The van der Waals surface area contributed by atoms with Crippen LogP contribution in [0.15, 0.2) is 23.1 Å². The smallest absolute Gasteiger partial charge is 0.265 e. The molecule has 0 amide bonds. The summed E-state index contributed by atoms with van der Waals surface area (Å²) in [5.74, 6) is 0. The number of fused-ring (bicyclic) bond motifs is 1. The quantitative estimate of drug-likeness (QED) is 0.658. The summed E-state index contributed by atoms with van der Waals surface area (Å²) in [5, 5.41) is 2.98. The third kappa shape index (κ3) is 2.81. The molecule has 0 unspecified atom stereocenters. The number of aryl methyl sites for hydroxylation is 1. The number of thiocarbonyl (C=S) groups is 1. The number of rotatable bonds is 4. The van der Waals surface area contributed by atoms with Crippen molar-refractivity contribution in [1.82, 2.24) is 4.72 Å². The first-order chi connectivity index (χ1) is 8.53. The maximum absolute atomic E-state index is 11.9. The van der Waals surface area contributed by atoms with Crippen molar-refractivity contribution >= 4 is 33.0 Å². The van der Waals surface area contributed by atoms with E-state index in [-0.39, 0.29) is 10.0 Å². The molecule has 1 aliphatic rings. The lowest BCUT2D eigenvalue weighted by atomic mass is 10.1. The fourth-order valence-corrected chi connectivity index (χ4v) is 3.51. The molecular weight excluding hydrogens is 268 g/mol. The third-order valence-electron chi connectivity index (χ3n) is 2.88. The number of nitrogens with one attached hydrogen (secondary N) is 2. The molecular formula is C12H16N2O2S2. The van der Waals surface area contributed by atoms with Gasteiger partial charge in [0.1, 0.15) is 4.90 Å². The monoisotopic (exact) mass is 284 g/mol. The molecule has 1 aromatic carbocycles. The summed E-state index contributed by atoms with van der Waals surface area (Å²) in [7, 11) is -3.50. The number of hydrogen-bond acceptors (Lipinski definition) is 3. The number of sulfonamides is 1. The van der Waals surface area contributed by atoms with Crippen LogP contribution in [0.1, 0.15) is 31.7 Å². The van der Waals surface area contributed by atoms with Crippen LogP contribution < -0.4 is 10.0 Å². The van der Waals surface area contributed by atoms with Crippen LogP contribution in [0.25, 0.3) is 0 Å². The van der Waals surface area contributed by atoms with E-state index in [4.69, 9.17) is 12.2 Å². The highest BCUT2D eigenvalue weighted by molar-refractivity contribution is 7.92. The molecule has 1 aliphatic heterocycles. The van der Waals surface area contributed by atoms with E-state index in [1.54, 1.807) is 12.1 Å². The van der Waals surface area contributed by atoms with Crippen molar-refractivity contribution < 1.29 is 8.42 Å². The Morgan fingerprint density at radius 3 is 2.78 bits per heavy atom. The van der Waals surface area contributed by atoms with E-state index in [1.165, 1.54) is 0 Å². The van der Waals surface area contributed by atoms with Crippen molar-refractivity contribution in [2.45, 2.75) is 37.5 Å². The Kier molecular flexibility index (Phi) is 3.87. The van der Waals surface area contributed by atoms with Crippen LogP contribution in [-0.4, -0.2) is 13.5 Å². The molecule has 6 heteroatoms. The van der Waals surface area contributed by atoms with E-state index in [2.05, 4.69) is 17.0 Å². The average Bonchev–Trinajstić information content (AvgIpc) is 2.29. The van der Waals surface area contributed by atoms with Crippen molar-refractivity contribution in [3.8, 4) is 0 Å². The molecule has 98 valence electrons. The summed E-state index contributed by atoms with van der Waals surface area (Å²) < 4.78 is 26.2. The Morgan fingerprint density at radius 2 is 2.06 bits per heavy atom. The van der Waals surface area contributed by atoms with Crippen LogP contribution in [0.2, 0.25) is 0 Å². The van der Waals surface area contributed by atoms with Gasteiger partial charge in [-0.25, -0.2) is 8.42 Å². The van der Waals surface area contributed by atoms with Gasteiger partial charge in [-0.3, -0.25) is 4.72 Å². The third-order valence-corrected chi connectivity index (χ3v) is 4.60. The Hall–Kier alpha value is -1.14. The second kappa shape index (κ2) is 5.24. The highest BCUT2D eigenvalue weighted by Gasteiger charge is 2.25. The zero-order valence-corrected chi connectivity index (χ0v) is 11.8. The summed E-state index contributed by atoms with van der Waals surface area (Å²) in [6, 6.07) is 5.45. The van der Waals surface area contributed by atoms with Crippen LogP contribution in [0.4, 0.5) is 5.69 Å². The molecule has 0 aliphatic carbocycles. The van der Waals surface area contributed by atoms with E-state index >= 15 is 0 Å². The Morgan fingerprint density at radius 1 is 1.28 bits per heavy atom. The van der Waals surface area contributed by atoms with E-state index in [0.29, 0.717) is 5.69 Å². The number of unbranched alkanes of at least 4 members (excludes halogenated alkanes) is 2. The molecule has 2 rings (SSSR count). The fraction of sp³-hybridized carbons (Fsp3) is 0.417. The zero-order valence-electron chi connectivity index (χ0n) is 10.2. The number of anilines is 1. The van der Waals surface area contributed by atoms with Crippen LogP contribution in [-0.2, 0) is 16.4 Å². The lowest BCUT2D eigenvalue weighted by molar-refractivity contribution is 0.592. The van der Waals surface area contributed by atoms with Crippen molar-refractivity contribution in [2.24, 2.45) is 0 Å². The van der Waals surface area contributed by atoms with Gasteiger partial charge in [0.25, 0.3) is 10.0 Å². The topological polar surface area (TPSA) is 58.2 Å². The molecule has 0 saturated heterocycles. The van der Waals surface area contributed by atoms with E-state index in [0.717, 1.165) is 31.2 Å². The van der Waals surface area contributed by atoms with E-state index < -0.39 is 10.0 Å². The second-order valence-corrected chi connectivity index (χ2v) is 6.41. The largest absolute Gasteiger partial charge is 0.331 e. The van der Waals surface area contributed by atoms with E-state index in [9.17, 15) is 8.42 Å². The molecule has 0 atom stereocenters. The van der Waals surface area contributed by atoms with Gasteiger partial charge in [-0.2, -0.15) is 0 Å². The maximum Gasteiger partial charge on any atom is 0.265 e. The summed E-state index contributed by atoms with van der Waals surface area (Å²) >= 11 is 4.85. The van der Waals surface area contributed by atoms with Gasteiger partial charge in [0, 0.05) is 0 Å². The van der Waals surface area contributed by atoms with Gasteiger partial charge in [0.2, 0.25) is 0 Å². The van der Waals surface area contributed by atoms with Gasteiger partial charge in [-0.1, -0.05) is 25.8 Å². The standard InChI is InChI=1S/C12H16N2O2S2/c1-2-3-4-5-9-6-7-10-11(8-9)18(15,16)14-12(17)13-10/h6-8H,2-5H2,1H3,(H2,13,14,17). The summed E-state index contributed by atoms with van der Waals surface area (Å²) in [6.07, 6.45) is 4.29. The minimum atomic E-state index is -3.50. The Balaban J connectivity index is 2.28. The lowest BCUT2D eigenvalue weighted by Gasteiger charge is -2.21. The molecule has 1 aromatic rings. The minimum Gasteiger partial charge on any atom is -0.331 e. The van der Waals surface area contributed by atoms with Crippen molar-refractivity contribution in [3.63, 3.8) is 0 Å². The van der Waals surface area contributed by atoms with Gasteiger partial charge in [0.15, 0.2) is 5.11 Å². The molecule has 0 saturated carbocycles. The molecule has 0 radical (unpaired) electrons. The van der Waals surface area contributed by atoms with Gasteiger partial charge in [0.05, 0.1) is 5.69 Å². The second-order valence-electron chi connectivity index (χ2n) is 4.35. The van der Waals surface area contributed by atoms with Crippen LogP contribution in [0.3, 0.4) is 0 Å². The predicted molar refractivity (Wildman–Crippen MR) is 76.2 cm³/mol. The number of hydrogen-bond donors (Lipinski definition) is 2. The highest BCUT2D eigenvalue weighted by Crippen LogP contribution is 2.26. The predicted octanol–water partition coefficient (Wildman–Crippen LogP) is 2.41. The van der Waals surface area contributed by atoms with Crippen molar-refractivity contribution in [3.05, 3.63) is 23.8 Å². The Labute approximate surface area is 113 Å². The number of benzene rings is 1. The first-order valence-corrected chi connectivity index (χ1v) is 7.89. The van der Waals surface area contributed by atoms with Crippen molar-refractivity contribution in [1.29, 1.82) is 0 Å². The van der Waals surface area contributed by atoms with Crippen LogP contribution in [0.5, 0.6) is 0 Å². The fourth-order valence-electron chi connectivity index (χ4n) is 1.95. The van der Waals surface area contributed by atoms with Gasteiger partial charge in [-0.05, 0) is 42.8 Å². The molecule has 18 heavy (non-hydrogen) atoms. The first-order valence-electron chi connectivity index (χ1n) is 5.99. The van der Waals surface area contributed by atoms with Gasteiger partial charge >= 0.3 is 0 Å². The average molecular weight is 284 g/mol. The normalized spacial score (nSPS) is 16.6. The van der Waals surface area contributed by atoms with Crippen LogP contribution in [0, 0.1) is 0 Å². The van der Waals surface area contributed by atoms with Crippen molar-refractivity contribution in [2.75, 3.05) is 5.32 Å². The lowest BCUT2D eigenvalue weighted by Crippen LogP contribution is -2.39.